The van der Waals surface area contributed by atoms with Crippen molar-refractivity contribution in [3.05, 3.63) is 35.9 Å². The highest BCUT2D eigenvalue weighted by Gasteiger charge is 2.79. The van der Waals surface area contributed by atoms with E-state index in [1.54, 1.807) is 0 Å². The van der Waals surface area contributed by atoms with Gasteiger partial charge in [-0.2, -0.15) is 26.3 Å². The lowest BCUT2D eigenvalue weighted by Crippen LogP contribution is -2.70. The minimum Gasteiger partial charge on any atom is -0.455 e. The van der Waals surface area contributed by atoms with Crippen LogP contribution in [0.15, 0.2) is 30.3 Å². The number of carbonyl (C=O) groups is 3. The Balaban J connectivity index is 0.000000276. The Morgan fingerprint density at radius 3 is 1.88 bits per heavy atom. The van der Waals surface area contributed by atoms with Gasteiger partial charge in [0, 0.05) is 0 Å². The molecule has 0 saturated carbocycles. The fourth-order valence-corrected chi connectivity index (χ4v) is 5.42. The van der Waals surface area contributed by atoms with E-state index in [0.29, 0.717) is 32.6 Å². The van der Waals surface area contributed by atoms with Crippen LogP contribution in [0, 0.1) is 16.7 Å². The Kier molecular flexibility index (Phi) is 13.6. The third-order valence-corrected chi connectivity index (χ3v) is 10.1. The number of hydrogen-bond acceptors (Lipinski definition) is 9. The Morgan fingerprint density at radius 2 is 1.44 bits per heavy atom. The van der Waals surface area contributed by atoms with E-state index in [2.05, 4.69) is 48.9 Å². The van der Waals surface area contributed by atoms with Gasteiger partial charge in [0.15, 0.2) is 17.8 Å². The zero-order valence-electron chi connectivity index (χ0n) is 29.9. The predicted molar refractivity (Wildman–Crippen MR) is 168 cm³/mol. The van der Waals surface area contributed by atoms with Crippen LogP contribution in [0.2, 0.25) is 0 Å². The first-order chi connectivity index (χ1) is 22.8. The number of fused-ring (bicyclic) bond motifs is 1. The van der Waals surface area contributed by atoms with Crippen molar-refractivity contribution in [1.29, 1.82) is 0 Å². The molecule has 1 aromatic carbocycles. The van der Waals surface area contributed by atoms with Crippen LogP contribution in [0.25, 0.3) is 0 Å². The number of hydrogen-bond donors (Lipinski definition) is 2. The molecule has 0 amide bonds. The number of aliphatic hydroxyl groups is 2. The molecule has 3 aliphatic heterocycles. The minimum absolute atomic E-state index is 0.0884. The summed E-state index contributed by atoms with van der Waals surface area (Å²) in [7, 11) is 0. The van der Waals surface area contributed by atoms with Crippen LogP contribution in [0.3, 0.4) is 0 Å². The van der Waals surface area contributed by atoms with Crippen LogP contribution in [-0.4, -0.2) is 82.7 Å². The molecule has 286 valence electrons. The number of rotatable bonds is 10. The van der Waals surface area contributed by atoms with Crippen LogP contribution in [0.1, 0.15) is 99.5 Å². The monoisotopic (exact) mass is 728 g/mol. The van der Waals surface area contributed by atoms with Gasteiger partial charge in [-0.3, -0.25) is 14.4 Å². The number of halogens is 6. The van der Waals surface area contributed by atoms with Crippen molar-refractivity contribution in [3.63, 3.8) is 0 Å². The molecule has 0 aromatic heterocycles. The fraction of sp³-hybridized carbons (Fsp3) is 0.743. The summed E-state index contributed by atoms with van der Waals surface area (Å²) in [4.78, 5) is 35.4. The molecule has 50 heavy (non-hydrogen) atoms. The SMILES string of the molecule is CCC(C)(C)C(=O)OC1C2CC3C(=O)OC1C3O2.CCC(C)(CO)C(=O)OC(C)(C)C(O)(C(F)(F)F)C(F)(F)F.CCC(C)c1ccccc1. The predicted octanol–water partition coefficient (Wildman–Crippen LogP) is 6.82. The zero-order chi connectivity index (χ0) is 38.7. The van der Waals surface area contributed by atoms with Gasteiger partial charge in [-0.1, -0.05) is 58.0 Å². The molecule has 7 unspecified atom stereocenters. The molecular weight excluding hydrogens is 678 g/mol. The van der Waals surface area contributed by atoms with Crippen molar-refractivity contribution >= 4 is 17.9 Å². The van der Waals surface area contributed by atoms with Crippen molar-refractivity contribution in [2.24, 2.45) is 16.7 Å². The maximum Gasteiger partial charge on any atom is 0.430 e. The molecule has 9 nitrogen and oxygen atoms in total. The minimum atomic E-state index is -6.13. The summed E-state index contributed by atoms with van der Waals surface area (Å²) in [5.74, 6) is -1.36. The Morgan fingerprint density at radius 1 is 0.900 bits per heavy atom. The molecular formula is C35H50F6O9. The Bertz CT molecular complexity index is 1290. The van der Waals surface area contributed by atoms with Crippen LogP contribution in [0.5, 0.6) is 0 Å². The van der Waals surface area contributed by atoms with Crippen molar-refractivity contribution in [3.8, 4) is 0 Å². The molecule has 3 fully saturated rings. The third kappa shape index (κ3) is 8.75. The van der Waals surface area contributed by atoms with Gasteiger partial charge in [-0.05, 0) is 71.8 Å². The highest BCUT2D eigenvalue weighted by atomic mass is 19.4. The number of alkyl halides is 6. The van der Waals surface area contributed by atoms with E-state index in [9.17, 15) is 45.8 Å². The number of benzene rings is 1. The molecule has 3 heterocycles. The lowest BCUT2D eigenvalue weighted by Gasteiger charge is -2.44. The zero-order valence-corrected chi connectivity index (χ0v) is 29.9. The molecule has 2 N–H and O–H groups in total. The average molecular weight is 729 g/mol. The van der Waals surface area contributed by atoms with Crippen molar-refractivity contribution < 1.29 is 69.9 Å². The van der Waals surface area contributed by atoms with Crippen LogP contribution < -0.4 is 0 Å². The number of carbonyl (C=O) groups excluding carboxylic acids is 3. The normalized spacial score (nSPS) is 24.9. The first-order valence-electron chi connectivity index (χ1n) is 16.6. The first-order valence-corrected chi connectivity index (χ1v) is 16.6. The van der Waals surface area contributed by atoms with Crippen molar-refractivity contribution in [1.82, 2.24) is 0 Å². The summed E-state index contributed by atoms with van der Waals surface area (Å²) in [6, 6.07) is 10.6. The van der Waals surface area contributed by atoms with Gasteiger partial charge in [0.05, 0.1) is 29.5 Å². The van der Waals surface area contributed by atoms with Crippen LogP contribution in [0.4, 0.5) is 26.3 Å². The molecule has 7 atom stereocenters. The summed E-state index contributed by atoms with van der Waals surface area (Å²) in [5.41, 5.74) is -9.36. The van der Waals surface area contributed by atoms with Crippen molar-refractivity contribution in [2.45, 2.75) is 142 Å². The van der Waals surface area contributed by atoms with Gasteiger partial charge in [0.1, 0.15) is 6.10 Å². The van der Waals surface area contributed by atoms with E-state index in [1.807, 2.05) is 20.8 Å². The standard InChI is InChI=1S/C13H18O5.C12H18F6O4.C10H14/c1-4-13(2,3)12(15)18-9-7-5-6-8(16-7)10(9)17-11(6)14;1-5-9(4,6-19)7(20)22-8(2,3)10(21,11(13,14)15)12(16,17)18;1-3-9(2)10-7-5-4-6-8-10/h6-10H,4-5H2,1-3H3;19,21H,5-6H2,1-4H3;4-9H,3H2,1-2H3. The first kappa shape index (κ1) is 43.3. The molecule has 0 spiro atoms. The second kappa shape index (κ2) is 15.8. The Labute approximate surface area is 289 Å². The van der Waals surface area contributed by atoms with E-state index in [4.69, 9.17) is 19.3 Å². The molecule has 0 radical (unpaired) electrons. The lowest BCUT2D eigenvalue weighted by molar-refractivity contribution is -0.408. The smallest absolute Gasteiger partial charge is 0.430 e. The van der Waals surface area contributed by atoms with E-state index in [0.717, 1.165) is 6.92 Å². The largest absolute Gasteiger partial charge is 0.455 e. The van der Waals surface area contributed by atoms with Gasteiger partial charge in [-0.15, -0.1) is 0 Å². The van der Waals surface area contributed by atoms with E-state index in [1.165, 1.54) is 18.9 Å². The summed E-state index contributed by atoms with van der Waals surface area (Å²) in [6.45, 7) is 12.4. The van der Waals surface area contributed by atoms with E-state index >= 15 is 0 Å². The topological polar surface area (TPSA) is 129 Å². The maximum atomic E-state index is 12.8. The Hall–Kier alpha value is -2.91. The van der Waals surface area contributed by atoms with Crippen LogP contribution in [-0.2, 0) is 33.3 Å². The third-order valence-electron chi connectivity index (χ3n) is 10.1. The second-order valence-electron chi connectivity index (χ2n) is 14.4. The van der Waals surface area contributed by atoms with Crippen LogP contribution >= 0.6 is 0 Å². The van der Waals surface area contributed by atoms with Crippen molar-refractivity contribution in [2.75, 3.05) is 6.61 Å². The van der Waals surface area contributed by atoms with Gasteiger partial charge in [0.25, 0.3) is 5.60 Å². The summed E-state index contributed by atoms with van der Waals surface area (Å²) < 4.78 is 97.6. The quantitative estimate of drug-likeness (QED) is 0.152. The molecule has 4 rings (SSSR count). The highest BCUT2D eigenvalue weighted by Crippen LogP contribution is 2.51. The molecule has 3 saturated heterocycles. The molecule has 3 aliphatic rings. The average Bonchev–Trinajstić information content (AvgIpc) is 3.68. The summed E-state index contributed by atoms with van der Waals surface area (Å²) >= 11 is 0. The number of esters is 3. The van der Waals surface area contributed by atoms with E-state index < -0.39 is 59.2 Å². The molecule has 0 aliphatic carbocycles. The highest BCUT2D eigenvalue weighted by molar-refractivity contribution is 5.79. The van der Waals surface area contributed by atoms with Gasteiger partial charge < -0.3 is 29.2 Å². The number of ether oxygens (including phenoxy) is 4. The second-order valence-corrected chi connectivity index (χ2v) is 14.4. The maximum absolute atomic E-state index is 12.8. The van der Waals surface area contributed by atoms with Gasteiger partial charge >= 0.3 is 30.3 Å². The summed E-state index contributed by atoms with van der Waals surface area (Å²) in [5, 5.41) is 18.3. The molecule has 1 aromatic rings. The van der Waals surface area contributed by atoms with E-state index in [-0.39, 0.29) is 36.5 Å². The fourth-order valence-electron chi connectivity index (χ4n) is 5.42. The van der Waals surface area contributed by atoms with Gasteiger partial charge in [-0.25, -0.2) is 0 Å². The molecule has 2 bridgehead atoms. The lowest BCUT2D eigenvalue weighted by atomic mass is 9.82. The summed E-state index contributed by atoms with van der Waals surface area (Å²) in [6.07, 6.45) is -11.0. The van der Waals surface area contributed by atoms with Gasteiger partial charge in [0.2, 0.25) is 0 Å². The number of aliphatic hydroxyl groups excluding tert-OH is 1. The molecule has 15 heteroatoms.